The third kappa shape index (κ3) is 32.2. The molecule has 0 unspecified atom stereocenters. The van der Waals surface area contributed by atoms with E-state index in [2.05, 4.69) is 18.2 Å². The van der Waals surface area contributed by atoms with Crippen LogP contribution in [0.5, 0.6) is 28.7 Å². The van der Waals surface area contributed by atoms with E-state index in [0.717, 1.165) is 50.8 Å². The number of nitrogens with zero attached hydrogens (tertiary/aromatic N) is 3. The van der Waals surface area contributed by atoms with E-state index in [4.69, 9.17) is 101 Å². The van der Waals surface area contributed by atoms with E-state index in [1.165, 1.54) is 63.2 Å². The molecule has 0 aliphatic rings. The van der Waals surface area contributed by atoms with E-state index in [1.807, 2.05) is 90.1 Å². The molecule has 3 aromatic rings. The summed E-state index contributed by atoms with van der Waals surface area (Å²) in [5.74, 6) is 3.78. The number of hydrogen-bond acceptors (Lipinski definition) is 9. The molecule has 0 amide bonds. The Kier molecular flexibility index (Phi) is 46.1. The maximum atomic E-state index is 8.72. The van der Waals surface area contributed by atoms with Gasteiger partial charge in [-0.1, -0.05) is 24.3 Å². The standard InChI is InChI=1S/C13H17NO2.2C12H15NO2.6ClH.2K.2Pt/c1-4-15-12-7-6-11(8-9-14)10(3)13(12)16-5-2;1-3-15-12-8-10(6-7-13)4-5-11(12)9-14-2;1-3-14-11-6-5-10(7-8-13)9-12(11)15-4-2;;;;;;;;;;/h6-7H,4-5,8H2,1-3H3;4-5,8H,3,6,9H2,1-2H3;5-6,9H,3-4,7H2,1-2H3;6*1H;;;;/q;;;;;;;;;;;+2;+4/p-6. The van der Waals surface area contributed by atoms with Gasteiger partial charge in [0.05, 0.1) is 77.1 Å². The van der Waals surface area contributed by atoms with Crippen molar-refractivity contribution in [2.75, 3.05) is 40.1 Å². The van der Waals surface area contributed by atoms with Gasteiger partial charge in [0, 0.05) is 12.7 Å². The Morgan fingerprint density at radius 2 is 0.964 bits per heavy atom. The van der Waals surface area contributed by atoms with Crippen LogP contribution in [0.1, 0.15) is 62.4 Å². The topological polar surface area (TPSA) is 127 Å². The fourth-order valence-electron chi connectivity index (χ4n) is 4.24. The van der Waals surface area contributed by atoms with Crippen LogP contribution >= 0.6 is 56.5 Å². The minimum absolute atomic E-state index is 0.395. The van der Waals surface area contributed by atoms with Gasteiger partial charge in [-0.05, 0) is 88.1 Å². The average Bonchev–Trinajstić information content (AvgIpc) is 3.15. The van der Waals surface area contributed by atoms with Crippen LogP contribution < -0.4 is 23.7 Å². The monoisotopic (exact) mass is 1310 g/mol. The second kappa shape index (κ2) is 41.8. The van der Waals surface area contributed by atoms with E-state index < -0.39 is 28.4 Å². The van der Waals surface area contributed by atoms with Crippen molar-refractivity contribution in [3.8, 4) is 47.0 Å². The Morgan fingerprint density at radius 3 is 1.41 bits per heavy atom. The molecule has 0 aliphatic heterocycles. The molecule has 0 saturated carbocycles. The Morgan fingerprint density at radius 1 is 0.589 bits per heavy atom. The van der Waals surface area contributed by atoms with Crippen LogP contribution in [0.4, 0.5) is 0 Å². The van der Waals surface area contributed by atoms with Gasteiger partial charge < -0.3 is 28.4 Å². The van der Waals surface area contributed by atoms with Gasteiger partial charge in [-0.25, -0.2) is 0 Å². The van der Waals surface area contributed by atoms with Gasteiger partial charge in [0.2, 0.25) is 0 Å². The summed E-state index contributed by atoms with van der Waals surface area (Å²) in [6.45, 7) is 15.2. The summed E-state index contributed by atoms with van der Waals surface area (Å²) in [5.41, 5.74) is 4.93. The first kappa shape index (κ1) is 61.8. The van der Waals surface area contributed by atoms with Crippen molar-refractivity contribution in [2.45, 2.75) is 67.4 Å². The summed E-state index contributed by atoms with van der Waals surface area (Å²) in [5, 5.41) is 25.9. The first-order valence-corrected chi connectivity index (χ1v) is 50.1. The van der Waals surface area contributed by atoms with Gasteiger partial charge in [-0.3, -0.25) is 0 Å². The van der Waals surface area contributed by atoms with Crippen LogP contribution in [0.15, 0.2) is 48.5 Å². The molecule has 9 nitrogen and oxygen atoms in total. The molecule has 0 N–H and O–H groups in total. The van der Waals surface area contributed by atoms with Gasteiger partial charge in [-0.15, -0.1) is 0 Å². The summed E-state index contributed by atoms with van der Waals surface area (Å²) in [6, 6.07) is 21.5. The van der Waals surface area contributed by atoms with Crippen LogP contribution in [0.25, 0.3) is 0 Å². The predicted molar refractivity (Wildman–Crippen MR) is 225 cm³/mol. The Bertz CT molecular complexity index is 1530. The van der Waals surface area contributed by atoms with Crippen molar-refractivity contribution in [3.05, 3.63) is 76.3 Å². The minimum atomic E-state index is -3.06. The van der Waals surface area contributed by atoms with Crippen molar-refractivity contribution in [2.24, 2.45) is 0 Å². The number of halogens is 6. The Labute approximate surface area is 415 Å². The molecule has 19 heteroatoms. The zero-order valence-corrected chi connectivity index (χ0v) is 48.5. The number of hydrogen-bond donors (Lipinski definition) is 0. The Balaban J connectivity index is -0.000000671. The van der Waals surface area contributed by atoms with E-state index in [0.29, 0.717) is 64.7 Å². The number of methoxy groups -OCH3 is 1. The van der Waals surface area contributed by atoms with Crippen molar-refractivity contribution in [3.63, 3.8) is 0 Å². The van der Waals surface area contributed by atoms with E-state index in [-0.39, 0.29) is 0 Å². The summed E-state index contributed by atoms with van der Waals surface area (Å²) in [4.78, 5) is 0. The van der Waals surface area contributed by atoms with Gasteiger partial charge in [0.15, 0.2) is 23.0 Å². The summed E-state index contributed by atoms with van der Waals surface area (Å²) < 4.78 is 32.5. The van der Waals surface area contributed by atoms with Crippen LogP contribution in [0, 0.1) is 40.9 Å². The van der Waals surface area contributed by atoms with Crippen LogP contribution in [0.2, 0.25) is 0 Å². The van der Waals surface area contributed by atoms with Crippen molar-refractivity contribution in [1.82, 2.24) is 0 Å². The van der Waals surface area contributed by atoms with Crippen molar-refractivity contribution < 1.29 is 56.8 Å². The Hall–Kier alpha value is 1.48. The molecule has 3 aromatic carbocycles. The molecule has 3 rings (SSSR count). The van der Waals surface area contributed by atoms with E-state index in [9.17, 15) is 0 Å². The first-order chi connectivity index (χ1) is 26.8. The van der Waals surface area contributed by atoms with Crippen LogP contribution in [0.3, 0.4) is 0 Å². The third-order valence-electron chi connectivity index (χ3n) is 6.25. The molecular weight excluding hydrogens is 1260 g/mol. The molecule has 56 heavy (non-hydrogen) atoms. The number of benzene rings is 3. The fourth-order valence-corrected chi connectivity index (χ4v) is 4.24. The number of rotatable bonds is 15. The second-order valence-electron chi connectivity index (χ2n) is 9.82. The molecule has 0 aliphatic carbocycles. The van der Waals surface area contributed by atoms with E-state index >= 15 is 0 Å². The molecule has 0 atom stereocenters. The zero-order chi connectivity index (χ0) is 43.4. The van der Waals surface area contributed by atoms with E-state index in [1.54, 1.807) is 7.11 Å². The van der Waals surface area contributed by atoms with Crippen molar-refractivity contribution >= 4 is 120 Å². The summed E-state index contributed by atoms with van der Waals surface area (Å²) >= 11 is -1.03. The summed E-state index contributed by atoms with van der Waals surface area (Å²) in [7, 11) is 31.4. The SMILES string of the molecule is CCOc1cc(CC#N)ccc1COC.CCOc1ccc(CC#N)c(C)c1OCC.CCOc1ccc(CC#N)cc1OCC.[Cl][Pt]([Cl])([Cl])[Cl].[Cl][Pt][Cl].[K][K]. The molecule has 0 saturated heterocycles. The average molecular weight is 1310 g/mol. The molecule has 310 valence electrons. The van der Waals surface area contributed by atoms with Crippen molar-refractivity contribution in [1.29, 1.82) is 15.8 Å². The van der Waals surface area contributed by atoms with Gasteiger partial charge in [-0.2, -0.15) is 15.8 Å². The molecule has 0 bridgehead atoms. The predicted octanol–water partition coefficient (Wildman–Crippen LogP) is 11.1. The van der Waals surface area contributed by atoms with Crippen LogP contribution in [-0.2, 0) is 59.0 Å². The molecule has 0 aromatic heterocycles. The van der Waals surface area contributed by atoms with Gasteiger partial charge in [0.1, 0.15) is 5.75 Å². The summed E-state index contributed by atoms with van der Waals surface area (Å²) in [6.07, 6.45) is 1.21. The fraction of sp³-hybridized carbons (Fsp3) is 0.432. The van der Waals surface area contributed by atoms with Gasteiger partial charge >= 0.3 is 148 Å². The third-order valence-corrected chi connectivity index (χ3v) is 6.25. The first-order valence-electron chi connectivity index (χ1n) is 17.2. The second-order valence-corrected chi connectivity index (χ2v) is 32.8. The quantitative estimate of drug-likeness (QED) is 0.137. The zero-order valence-electron chi connectivity index (χ0n) is 33.2. The normalized spacial score (nSPS) is 9.75. The molecule has 0 fully saturated rings. The molecule has 0 spiro atoms. The number of nitriles is 3. The van der Waals surface area contributed by atoms with Crippen LogP contribution in [-0.4, -0.2) is 103 Å². The van der Waals surface area contributed by atoms with Gasteiger partial charge in [0.25, 0.3) is 0 Å². The number of ether oxygens (including phenoxy) is 6. The molecule has 0 radical (unpaired) electrons. The maximum absolute atomic E-state index is 8.72. The molecular formula is C37H47Cl6K2N3O6Pt2. The molecule has 0 heterocycles.